The van der Waals surface area contributed by atoms with E-state index in [1.165, 1.54) is 0 Å². The Kier molecular flexibility index (Phi) is 7.77. The molecular formula is C15H30N4O. The van der Waals surface area contributed by atoms with Gasteiger partial charge in [0.2, 0.25) is 5.89 Å². The van der Waals surface area contributed by atoms with Crippen LogP contribution in [0.15, 0.2) is 4.52 Å². The molecule has 2 N–H and O–H groups in total. The lowest BCUT2D eigenvalue weighted by Crippen LogP contribution is -2.25. The lowest BCUT2D eigenvalue weighted by Gasteiger charge is -2.16. The Bertz CT molecular complexity index is 361. The van der Waals surface area contributed by atoms with Crippen LogP contribution in [-0.4, -0.2) is 40.7 Å². The summed E-state index contributed by atoms with van der Waals surface area (Å²) in [5.41, 5.74) is 5.76. The Morgan fingerprint density at radius 1 is 1.20 bits per heavy atom. The molecule has 0 aliphatic rings. The third kappa shape index (κ3) is 6.01. The third-order valence-corrected chi connectivity index (χ3v) is 3.75. The highest BCUT2D eigenvalue weighted by Crippen LogP contribution is 2.20. The van der Waals surface area contributed by atoms with Crippen molar-refractivity contribution in [1.82, 2.24) is 15.0 Å². The second-order valence-corrected chi connectivity index (χ2v) is 5.63. The van der Waals surface area contributed by atoms with E-state index in [0.29, 0.717) is 5.92 Å². The van der Waals surface area contributed by atoms with Gasteiger partial charge in [0.05, 0.1) is 0 Å². The number of nitrogens with two attached hydrogens (primary N) is 1. The second kappa shape index (κ2) is 9.08. The summed E-state index contributed by atoms with van der Waals surface area (Å²) < 4.78 is 5.37. The van der Waals surface area contributed by atoms with E-state index in [-0.39, 0.29) is 6.04 Å². The average Bonchev–Trinajstić information content (AvgIpc) is 2.88. The van der Waals surface area contributed by atoms with E-state index in [9.17, 15) is 0 Å². The zero-order chi connectivity index (χ0) is 15.0. The molecule has 0 fully saturated rings. The fourth-order valence-corrected chi connectivity index (χ4v) is 2.24. The van der Waals surface area contributed by atoms with Crippen molar-refractivity contribution in [1.29, 1.82) is 0 Å². The van der Waals surface area contributed by atoms with E-state index in [2.05, 4.69) is 35.8 Å². The summed E-state index contributed by atoms with van der Waals surface area (Å²) in [6.45, 7) is 11.7. The van der Waals surface area contributed by atoms with Crippen molar-refractivity contribution < 1.29 is 4.52 Å². The van der Waals surface area contributed by atoms with E-state index in [0.717, 1.165) is 57.0 Å². The Labute approximate surface area is 122 Å². The molecule has 0 saturated heterocycles. The lowest BCUT2D eigenvalue weighted by molar-refractivity contribution is 0.302. The molecule has 5 heteroatoms. The van der Waals surface area contributed by atoms with Crippen LogP contribution in [0.3, 0.4) is 0 Å². The van der Waals surface area contributed by atoms with Gasteiger partial charge < -0.3 is 15.2 Å². The van der Waals surface area contributed by atoms with Gasteiger partial charge in [0, 0.05) is 24.9 Å². The lowest BCUT2D eigenvalue weighted by atomic mass is 10.0. The summed E-state index contributed by atoms with van der Waals surface area (Å²) in [6.07, 6.45) is 4.07. The van der Waals surface area contributed by atoms with Gasteiger partial charge in [0.15, 0.2) is 5.82 Å². The van der Waals surface area contributed by atoms with E-state index < -0.39 is 0 Å². The molecule has 0 aliphatic carbocycles. The van der Waals surface area contributed by atoms with Gasteiger partial charge in [0.1, 0.15) is 0 Å². The van der Waals surface area contributed by atoms with E-state index >= 15 is 0 Å². The molecule has 1 aromatic heterocycles. The minimum atomic E-state index is 0.273. The Hall–Kier alpha value is -0.940. The summed E-state index contributed by atoms with van der Waals surface area (Å²) in [6, 6.07) is 0.273. The smallest absolute Gasteiger partial charge is 0.229 e. The van der Waals surface area contributed by atoms with E-state index in [1.807, 2.05) is 6.92 Å². The maximum Gasteiger partial charge on any atom is 0.229 e. The number of aromatic nitrogens is 2. The molecule has 1 rings (SSSR count). The zero-order valence-electron chi connectivity index (χ0n) is 13.4. The molecule has 1 aromatic rings. The maximum atomic E-state index is 5.76. The quantitative estimate of drug-likeness (QED) is 0.714. The monoisotopic (exact) mass is 282 g/mol. The van der Waals surface area contributed by atoms with Crippen molar-refractivity contribution in [2.24, 2.45) is 5.73 Å². The molecule has 116 valence electrons. The molecule has 2 atom stereocenters. The van der Waals surface area contributed by atoms with Gasteiger partial charge in [0.25, 0.3) is 0 Å². The fraction of sp³-hybridized carbons (Fsp3) is 0.867. The molecule has 1 heterocycles. The molecule has 0 spiro atoms. The number of hydrogen-bond donors (Lipinski definition) is 1. The maximum absolute atomic E-state index is 5.76. The average molecular weight is 282 g/mol. The minimum absolute atomic E-state index is 0.273. The van der Waals surface area contributed by atoms with Gasteiger partial charge in [-0.15, -0.1) is 0 Å². The first-order chi connectivity index (χ1) is 9.56. The van der Waals surface area contributed by atoms with Crippen molar-refractivity contribution in [3.63, 3.8) is 0 Å². The Morgan fingerprint density at radius 2 is 1.90 bits per heavy atom. The van der Waals surface area contributed by atoms with Crippen LogP contribution in [-0.2, 0) is 6.42 Å². The summed E-state index contributed by atoms with van der Waals surface area (Å²) >= 11 is 0. The highest BCUT2D eigenvalue weighted by molar-refractivity contribution is 4.93. The molecule has 0 amide bonds. The summed E-state index contributed by atoms with van der Waals surface area (Å²) in [5, 5.41) is 4.08. The van der Waals surface area contributed by atoms with E-state index in [1.54, 1.807) is 0 Å². The van der Waals surface area contributed by atoms with Crippen LogP contribution in [0.5, 0.6) is 0 Å². The van der Waals surface area contributed by atoms with Crippen LogP contribution in [0, 0.1) is 0 Å². The van der Waals surface area contributed by atoms with Gasteiger partial charge >= 0.3 is 0 Å². The molecule has 0 bridgehead atoms. The van der Waals surface area contributed by atoms with Crippen LogP contribution in [0.4, 0.5) is 0 Å². The van der Waals surface area contributed by atoms with E-state index in [4.69, 9.17) is 10.3 Å². The molecule has 20 heavy (non-hydrogen) atoms. The van der Waals surface area contributed by atoms with Crippen LogP contribution < -0.4 is 5.73 Å². The van der Waals surface area contributed by atoms with Crippen molar-refractivity contribution in [3.05, 3.63) is 11.7 Å². The van der Waals surface area contributed by atoms with Crippen molar-refractivity contribution >= 4 is 0 Å². The van der Waals surface area contributed by atoms with Crippen molar-refractivity contribution in [2.75, 3.05) is 19.6 Å². The first-order valence-corrected chi connectivity index (χ1v) is 7.87. The highest BCUT2D eigenvalue weighted by Gasteiger charge is 2.14. The molecule has 0 aromatic carbocycles. The number of hydrogen-bond acceptors (Lipinski definition) is 5. The predicted molar refractivity (Wildman–Crippen MR) is 81.7 cm³/mol. The first kappa shape index (κ1) is 17.1. The molecule has 0 saturated carbocycles. The van der Waals surface area contributed by atoms with Gasteiger partial charge in [-0.1, -0.05) is 32.3 Å². The minimum Gasteiger partial charge on any atom is -0.339 e. The van der Waals surface area contributed by atoms with Crippen LogP contribution in [0.2, 0.25) is 0 Å². The third-order valence-electron chi connectivity index (χ3n) is 3.75. The van der Waals surface area contributed by atoms with Gasteiger partial charge in [-0.2, -0.15) is 4.98 Å². The molecule has 0 radical (unpaired) electrons. The predicted octanol–water partition coefficient (Wildman–Crippen LogP) is 2.57. The Morgan fingerprint density at radius 3 is 2.50 bits per heavy atom. The van der Waals surface area contributed by atoms with Gasteiger partial charge in [-0.25, -0.2) is 0 Å². The Balaban J connectivity index is 2.38. The number of nitrogens with zero attached hydrogens (tertiary/aromatic N) is 3. The molecular weight excluding hydrogens is 252 g/mol. The van der Waals surface area contributed by atoms with Crippen LogP contribution in [0.1, 0.15) is 64.6 Å². The second-order valence-electron chi connectivity index (χ2n) is 5.63. The summed E-state index contributed by atoms with van der Waals surface area (Å²) in [4.78, 5) is 6.88. The molecule has 5 nitrogen and oxygen atoms in total. The SMILES string of the molecule is CCN(CC)CCc1noc(C(C)CCCC(C)N)n1. The van der Waals surface area contributed by atoms with Crippen LogP contribution in [0.25, 0.3) is 0 Å². The zero-order valence-corrected chi connectivity index (χ0v) is 13.4. The standard InChI is InChI=1S/C15H30N4O/c1-5-19(6-2)11-10-14-17-15(20-18-14)12(3)8-7-9-13(4)16/h12-13H,5-11,16H2,1-4H3. The van der Waals surface area contributed by atoms with Crippen molar-refractivity contribution in [3.8, 4) is 0 Å². The van der Waals surface area contributed by atoms with Gasteiger partial charge in [-0.05, 0) is 32.9 Å². The number of likely N-dealkylation sites (N-methyl/N-ethyl adjacent to an activating group) is 1. The van der Waals surface area contributed by atoms with Crippen LogP contribution >= 0.6 is 0 Å². The largest absolute Gasteiger partial charge is 0.339 e. The first-order valence-electron chi connectivity index (χ1n) is 7.87. The highest BCUT2D eigenvalue weighted by atomic mass is 16.5. The molecule has 2 unspecified atom stereocenters. The van der Waals surface area contributed by atoms with Crippen molar-refractivity contribution in [2.45, 2.75) is 65.3 Å². The number of rotatable bonds is 10. The summed E-state index contributed by atoms with van der Waals surface area (Å²) in [7, 11) is 0. The fourth-order valence-electron chi connectivity index (χ4n) is 2.24. The topological polar surface area (TPSA) is 68.2 Å². The normalized spacial score (nSPS) is 14.7. The van der Waals surface area contributed by atoms with Gasteiger partial charge in [-0.3, -0.25) is 0 Å². The summed E-state index contributed by atoms with van der Waals surface area (Å²) in [5.74, 6) is 1.92. The molecule has 0 aliphatic heterocycles.